The molecule has 0 aliphatic carbocycles. The van der Waals surface area contributed by atoms with E-state index >= 15 is 0 Å². The molecule has 0 aromatic heterocycles. The highest BCUT2D eigenvalue weighted by Gasteiger charge is 2.22. The highest BCUT2D eigenvalue weighted by molar-refractivity contribution is 5.76. The number of urea groups is 1. The lowest BCUT2D eigenvalue weighted by Crippen LogP contribution is -2.48. The van der Waals surface area contributed by atoms with E-state index in [9.17, 15) is 9.59 Å². The largest absolute Gasteiger partial charge is 0.481 e. The molecule has 1 aliphatic rings. The smallest absolute Gasteiger partial charge is 0.317 e. The van der Waals surface area contributed by atoms with E-state index in [4.69, 9.17) is 5.11 Å². The fraction of sp³-hybridized carbons (Fsp3) is 0.833. The molecule has 0 aromatic rings. The molecule has 1 unspecified atom stereocenters. The highest BCUT2D eigenvalue weighted by Crippen LogP contribution is 2.16. The predicted octanol–water partition coefficient (Wildman–Crippen LogP) is 1.68. The minimum Gasteiger partial charge on any atom is -0.481 e. The maximum Gasteiger partial charge on any atom is 0.317 e. The predicted molar refractivity (Wildman–Crippen MR) is 64.8 cm³/mol. The summed E-state index contributed by atoms with van der Waals surface area (Å²) in [5.41, 5.74) is 0. The van der Waals surface area contributed by atoms with Gasteiger partial charge in [0.1, 0.15) is 0 Å². The van der Waals surface area contributed by atoms with Crippen LogP contribution in [0.4, 0.5) is 4.79 Å². The maximum atomic E-state index is 11.9. The second-order valence-electron chi connectivity index (χ2n) is 4.82. The van der Waals surface area contributed by atoms with E-state index in [1.165, 1.54) is 0 Å². The molecular formula is C12H22N2O3. The molecule has 1 heterocycles. The summed E-state index contributed by atoms with van der Waals surface area (Å²) in [5.74, 6) is -0.190. The van der Waals surface area contributed by atoms with Crippen molar-refractivity contribution in [2.24, 2.45) is 5.92 Å². The van der Waals surface area contributed by atoms with Gasteiger partial charge in [-0.1, -0.05) is 13.8 Å². The molecule has 2 N–H and O–H groups in total. The van der Waals surface area contributed by atoms with Crippen molar-refractivity contribution < 1.29 is 14.7 Å². The van der Waals surface area contributed by atoms with Crippen LogP contribution in [0.2, 0.25) is 0 Å². The summed E-state index contributed by atoms with van der Waals surface area (Å²) in [4.78, 5) is 24.3. The third kappa shape index (κ3) is 4.63. The molecule has 1 saturated heterocycles. The van der Waals surface area contributed by atoms with Crippen molar-refractivity contribution in [1.29, 1.82) is 0 Å². The van der Waals surface area contributed by atoms with Gasteiger partial charge in [0, 0.05) is 19.1 Å². The van der Waals surface area contributed by atoms with Gasteiger partial charge in [-0.25, -0.2) is 4.79 Å². The zero-order chi connectivity index (χ0) is 12.8. The summed E-state index contributed by atoms with van der Waals surface area (Å²) in [5, 5.41) is 11.5. The Labute approximate surface area is 102 Å². The molecular weight excluding hydrogens is 220 g/mol. The molecule has 0 saturated carbocycles. The van der Waals surface area contributed by atoms with Crippen LogP contribution in [-0.2, 0) is 4.79 Å². The first-order chi connectivity index (χ1) is 8.02. The molecule has 98 valence electrons. The Kier molecular flexibility index (Phi) is 5.25. The van der Waals surface area contributed by atoms with Gasteiger partial charge in [-0.2, -0.15) is 0 Å². The van der Waals surface area contributed by atoms with Crippen molar-refractivity contribution in [3.63, 3.8) is 0 Å². The molecule has 0 aromatic carbocycles. The van der Waals surface area contributed by atoms with Crippen molar-refractivity contribution >= 4 is 12.0 Å². The number of rotatable bonds is 4. The van der Waals surface area contributed by atoms with Gasteiger partial charge in [0.25, 0.3) is 0 Å². The molecule has 0 spiro atoms. The number of nitrogens with one attached hydrogen (secondary N) is 1. The van der Waals surface area contributed by atoms with E-state index in [0.29, 0.717) is 12.3 Å². The number of likely N-dealkylation sites (tertiary alicyclic amines) is 1. The minimum absolute atomic E-state index is 0.00746. The number of carbonyl (C=O) groups excluding carboxylic acids is 1. The average Bonchev–Trinajstić information content (AvgIpc) is 2.28. The van der Waals surface area contributed by atoms with Gasteiger partial charge in [-0.05, 0) is 25.2 Å². The van der Waals surface area contributed by atoms with E-state index in [1.54, 1.807) is 4.90 Å². The Hall–Kier alpha value is -1.26. The standard InChI is InChI=1S/C12H22N2O3/c1-3-10(8-11(15)16)13-12(17)14-6-4-9(2)5-7-14/h9-10H,3-8H2,1-2H3,(H,13,17)(H,15,16). The number of aliphatic carboxylic acids is 1. The van der Waals surface area contributed by atoms with Crippen LogP contribution < -0.4 is 5.32 Å². The third-order valence-corrected chi connectivity index (χ3v) is 3.31. The van der Waals surface area contributed by atoms with Gasteiger partial charge in [0.2, 0.25) is 0 Å². The minimum atomic E-state index is -0.871. The molecule has 1 aliphatic heterocycles. The first kappa shape index (κ1) is 13.8. The van der Waals surface area contributed by atoms with Gasteiger partial charge in [0.05, 0.1) is 6.42 Å². The molecule has 1 atom stereocenters. The summed E-state index contributed by atoms with van der Waals surface area (Å²) in [6.07, 6.45) is 2.70. The molecule has 0 radical (unpaired) electrons. The van der Waals surface area contributed by atoms with Crippen molar-refractivity contribution in [3.8, 4) is 0 Å². The number of nitrogens with zero attached hydrogens (tertiary/aromatic N) is 1. The number of carbonyl (C=O) groups is 2. The molecule has 1 rings (SSSR count). The average molecular weight is 242 g/mol. The Morgan fingerprint density at radius 2 is 2.00 bits per heavy atom. The Morgan fingerprint density at radius 1 is 1.41 bits per heavy atom. The summed E-state index contributed by atoms with van der Waals surface area (Å²) in [6.45, 7) is 5.62. The first-order valence-corrected chi connectivity index (χ1v) is 6.30. The SMILES string of the molecule is CCC(CC(=O)O)NC(=O)N1CCC(C)CC1. The lowest BCUT2D eigenvalue weighted by atomic mass is 9.99. The summed E-state index contributed by atoms with van der Waals surface area (Å²) in [7, 11) is 0. The maximum absolute atomic E-state index is 11.9. The Balaban J connectivity index is 2.39. The fourth-order valence-corrected chi connectivity index (χ4v) is 1.99. The van der Waals surface area contributed by atoms with Gasteiger partial charge in [0.15, 0.2) is 0 Å². The Morgan fingerprint density at radius 3 is 2.47 bits per heavy atom. The van der Waals surface area contributed by atoms with Crippen molar-refractivity contribution in [1.82, 2.24) is 10.2 Å². The fourth-order valence-electron chi connectivity index (χ4n) is 1.99. The van der Waals surface area contributed by atoms with Gasteiger partial charge in [-0.3, -0.25) is 4.79 Å². The van der Waals surface area contributed by atoms with Crippen LogP contribution >= 0.6 is 0 Å². The summed E-state index contributed by atoms with van der Waals surface area (Å²) in [6, 6.07) is -0.385. The monoisotopic (exact) mass is 242 g/mol. The van der Waals surface area contributed by atoms with E-state index in [0.717, 1.165) is 25.9 Å². The van der Waals surface area contributed by atoms with Crippen molar-refractivity contribution in [2.75, 3.05) is 13.1 Å². The van der Waals surface area contributed by atoms with E-state index in [2.05, 4.69) is 12.2 Å². The highest BCUT2D eigenvalue weighted by atomic mass is 16.4. The van der Waals surface area contributed by atoms with Crippen LogP contribution in [0.25, 0.3) is 0 Å². The van der Waals surface area contributed by atoms with Crippen LogP contribution in [0.15, 0.2) is 0 Å². The van der Waals surface area contributed by atoms with Crippen molar-refractivity contribution in [2.45, 2.75) is 45.6 Å². The van der Waals surface area contributed by atoms with Crippen molar-refractivity contribution in [3.05, 3.63) is 0 Å². The second kappa shape index (κ2) is 6.47. The van der Waals surface area contributed by atoms with E-state index in [1.807, 2.05) is 6.92 Å². The van der Waals surface area contributed by atoms with E-state index in [-0.39, 0.29) is 18.5 Å². The van der Waals surface area contributed by atoms with E-state index < -0.39 is 5.97 Å². The summed E-state index contributed by atoms with van der Waals surface area (Å²) >= 11 is 0. The van der Waals surface area contributed by atoms with Gasteiger partial charge in [-0.15, -0.1) is 0 Å². The number of hydrogen-bond donors (Lipinski definition) is 2. The molecule has 5 nitrogen and oxygen atoms in total. The Bertz CT molecular complexity index is 273. The van der Waals surface area contributed by atoms with Gasteiger partial charge < -0.3 is 15.3 Å². The topological polar surface area (TPSA) is 69.6 Å². The van der Waals surface area contributed by atoms with Crippen LogP contribution in [-0.4, -0.2) is 41.1 Å². The number of hydrogen-bond acceptors (Lipinski definition) is 2. The van der Waals surface area contributed by atoms with Gasteiger partial charge >= 0.3 is 12.0 Å². The number of amides is 2. The number of carboxylic acid groups (broad SMARTS) is 1. The summed E-state index contributed by atoms with van der Waals surface area (Å²) < 4.78 is 0. The zero-order valence-corrected chi connectivity index (χ0v) is 10.6. The normalized spacial score (nSPS) is 18.8. The van der Waals surface area contributed by atoms with Crippen LogP contribution in [0.3, 0.4) is 0 Å². The first-order valence-electron chi connectivity index (χ1n) is 6.30. The zero-order valence-electron chi connectivity index (χ0n) is 10.6. The van der Waals surface area contributed by atoms with Crippen LogP contribution in [0.1, 0.15) is 39.5 Å². The number of piperidine rings is 1. The van der Waals surface area contributed by atoms with Crippen LogP contribution in [0, 0.1) is 5.92 Å². The molecule has 17 heavy (non-hydrogen) atoms. The second-order valence-corrected chi connectivity index (χ2v) is 4.82. The molecule has 5 heteroatoms. The lowest BCUT2D eigenvalue weighted by Gasteiger charge is -2.31. The molecule has 2 amide bonds. The number of carboxylic acids is 1. The molecule has 0 bridgehead atoms. The van der Waals surface area contributed by atoms with Crippen LogP contribution in [0.5, 0.6) is 0 Å². The molecule has 1 fully saturated rings. The lowest BCUT2D eigenvalue weighted by molar-refractivity contribution is -0.137. The quantitative estimate of drug-likeness (QED) is 0.788. The third-order valence-electron chi connectivity index (χ3n) is 3.31.